The van der Waals surface area contributed by atoms with Gasteiger partial charge in [0.1, 0.15) is 25.0 Å². The second-order valence-electron chi connectivity index (χ2n) is 7.45. The van der Waals surface area contributed by atoms with Crippen molar-refractivity contribution in [2.45, 2.75) is 6.92 Å². The molecule has 0 amide bonds. The van der Waals surface area contributed by atoms with Crippen LogP contribution < -0.4 is 4.90 Å². The number of aldehydes is 1. The molecule has 0 radical (unpaired) electrons. The summed E-state index contributed by atoms with van der Waals surface area (Å²) >= 11 is 0. The molecular weight excluding hydrogens is 399 g/mol. The van der Waals surface area contributed by atoms with Gasteiger partial charge in [0.2, 0.25) is 0 Å². The summed E-state index contributed by atoms with van der Waals surface area (Å²) < 4.78 is 20.0. The second kappa shape index (κ2) is 9.18. The SMILES string of the molecule is CC(=O)OCCN1CCN(c2ccc(-c3ncnc4ccc(C=O)cc34)cc2F)CC1. The van der Waals surface area contributed by atoms with Gasteiger partial charge in [-0.1, -0.05) is 6.07 Å². The summed E-state index contributed by atoms with van der Waals surface area (Å²) in [5.41, 5.74) is 3.00. The molecular formula is C23H23FN4O3. The molecule has 2 heterocycles. The number of fused-ring (bicyclic) bond motifs is 1. The Balaban J connectivity index is 1.50. The van der Waals surface area contributed by atoms with Crippen molar-refractivity contribution in [1.29, 1.82) is 0 Å². The molecule has 0 N–H and O–H groups in total. The van der Waals surface area contributed by atoms with E-state index in [9.17, 15) is 9.59 Å². The number of piperazine rings is 1. The van der Waals surface area contributed by atoms with Crippen LogP contribution in [0, 0.1) is 5.82 Å². The lowest BCUT2D eigenvalue weighted by Crippen LogP contribution is -2.47. The quantitative estimate of drug-likeness (QED) is 0.447. The lowest BCUT2D eigenvalue weighted by molar-refractivity contribution is -0.141. The first kappa shape index (κ1) is 20.9. The largest absolute Gasteiger partial charge is 0.465 e. The van der Waals surface area contributed by atoms with Crippen LogP contribution in [0.4, 0.5) is 10.1 Å². The van der Waals surface area contributed by atoms with E-state index in [1.807, 2.05) is 11.0 Å². The van der Waals surface area contributed by atoms with Crippen LogP contribution in [-0.2, 0) is 9.53 Å². The van der Waals surface area contributed by atoms with Gasteiger partial charge in [0.15, 0.2) is 0 Å². The molecule has 3 aromatic rings. The number of ether oxygens (including phenoxy) is 1. The highest BCUT2D eigenvalue weighted by Crippen LogP contribution is 2.30. The molecule has 4 rings (SSSR count). The third-order valence-electron chi connectivity index (χ3n) is 5.44. The van der Waals surface area contributed by atoms with Crippen LogP contribution in [0.25, 0.3) is 22.2 Å². The van der Waals surface area contributed by atoms with Gasteiger partial charge in [0.05, 0.1) is 16.9 Å². The average Bonchev–Trinajstić information content (AvgIpc) is 2.78. The molecule has 0 aliphatic carbocycles. The third kappa shape index (κ3) is 4.69. The molecule has 1 aliphatic rings. The molecule has 0 spiro atoms. The highest BCUT2D eigenvalue weighted by atomic mass is 19.1. The Labute approximate surface area is 179 Å². The van der Waals surface area contributed by atoms with Crippen LogP contribution in [0.2, 0.25) is 0 Å². The molecule has 8 heteroatoms. The number of rotatable bonds is 6. The van der Waals surface area contributed by atoms with E-state index in [-0.39, 0.29) is 11.8 Å². The Morgan fingerprint density at radius 2 is 1.94 bits per heavy atom. The molecule has 160 valence electrons. The Bertz CT molecular complexity index is 1110. The fourth-order valence-corrected chi connectivity index (χ4v) is 3.82. The first-order valence-corrected chi connectivity index (χ1v) is 10.2. The van der Waals surface area contributed by atoms with Crippen molar-refractivity contribution in [3.05, 3.63) is 54.1 Å². The van der Waals surface area contributed by atoms with E-state index in [4.69, 9.17) is 4.74 Å². The van der Waals surface area contributed by atoms with E-state index in [2.05, 4.69) is 14.9 Å². The van der Waals surface area contributed by atoms with Gasteiger partial charge in [-0.05, 0) is 30.3 Å². The number of esters is 1. The standard InChI is InChI=1S/C23H23FN4O3/c1-16(30)31-11-10-27-6-8-28(9-7-27)22-5-3-18(13-20(22)24)23-19-12-17(14-29)2-4-21(19)25-15-26-23/h2-5,12-15H,6-11H2,1H3. The van der Waals surface area contributed by atoms with Crippen LogP contribution in [0.3, 0.4) is 0 Å². The van der Waals surface area contributed by atoms with Crippen molar-refractivity contribution in [2.24, 2.45) is 0 Å². The number of carbonyl (C=O) groups is 2. The minimum atomic E-state index is -0.316. The number of benzene rings is 2. The number of carbonyl (C=O) groups excluding carboxylic acids is 2. The van der Waals surface area contributed by atoms with E-state index in [1.165, 1.54) is 19.3 Å². The van der Waals surface area contributed by atoms with E-state index >= 15 is 4.39 Å². The highest BCUT2D eigenvalue weighted by molar-refractivity contribution is 5.95. The zero-order chi connectivity index (χ0) is 21.8. The second-order valence-corrected chi connectivity index (χ2v) is 7.45. The van der Waals surface area contributed by atoms with Gasteiger partial charge in [0.25, 0.3) is 0 Å². The predicted octanol–water partition coefficient (Wildman–Crippen LogP) is 2.93. The minimum Gasteiger partial charge on any atom is -0.465 e. The van der Waals surface area contributed by atoms with Crippen molar-refractivity contribution >= 4 is 28.8 Å². The minimum absolute atomic E-state index is 0.278. The van der Waals surface area contributed by atoms with Crippen molar-refractivity contribution in [3.63, 3.8) is 0 Å². The van der Waals surface area contributed by atoms with Crippen molar-refractivity contribution in [2.75, 3.05) is 44.2 Å². The number of aromatic nitrogens is 2. The summed E-state index contributed by atoms with van der Waals surface area (Å²) in [7, 11) is 0. The van der Waals surface area contributed by atoms with Gasteiger partial charge in [-0.15, -0.1) is 0 Å². The maximum atomic E-state index is 15.0. The molecule has 31 heavy (non-hydrogen) atoms. The molecule has 1 saturated heterocycles. The third-order valence-corrected chi connectivity index (χ3v) is 5.44. The van der Waals surface area contributed by atoms with Crippen molar-refractivity contribution in [3.8, 4) is 11.3 Å². The summed E-state index contributed by atoms with van der Waals surface area (Å²) in [5, 5.41) is 0.709. The Morgan fingerprint density at radius 1 is 1.13 bits per heavy atom. The van der Waals surface area contributed by atoms with Gasteiger partial charge < -0.3 is 9.64 Å². The van der Waals surface area contributed by atoms with Crippen LogP contribution in [0.5, 0.6) is 0 Å². The van der Waals surface area contributed by atoms with E-state index in [1.54, 1.807) is 24.3 Å². The highest BCUT2D eigenvalue weighted by Gasteiger charge is 2.20. The van der Waals surface area contributed by atoms with Gasteiger partial charge in [-0.25, -0.2) is 14.4 Å². The summed E-state index contributed by atoms with van der Waals surface area (Å²) in [6.07, 6.45) is 2.21. The smallest absolute Gasteiger partial charge is 0.302 e. The summed E-state index contributed by atoms with van der Waals surface area (Å²) in [4.78, 5) is 34.8. The van der Waals surface area contributed by atoms with E-state index in [0.717, 1.165) is 19.4 Å². The molecule has 0 unspecified atom stereocenters. The molecule has 7 nitrogen and oxygen atoms in total. The first-order valence-electron chi connectivity index (χ1n) is 10.2. The Morgan fingerprint density at radius 3 is 2.65 bits per heavy atom. The van der Waals surface area contributed by atoms with Gasteiger partial charge in [-0.2, -0.15) is 0 Å². The summed E-state index contributed by atoms with van der Waals surface area (Å²) in [5.74, 6) is -0.594. The number of anilines is 1. The molecule has 1 fully saturated rings. The predicted molar refractivity (Wildman–Crippen MR) is 116 cm³/mol. The molecule has 0 atom stereocenters. The molecule has 1 aromatic heterocycles. The Kier molecular flexibility index (Phi) is 6.18. The topological polar surface area (TPSA) is 75.6 Å². The van der Waals surface area contributed by atoms with Gasteiger partial charge in [-0.3, -0.25) is 14.5 Å². The number of hydrogen-bond acceptors (Lipinski definition) is 7. The van der Waals surface area contributed by atoms with Gasteiger partial charge in [0, 0.05) is 56.2 Å². The molecule has 1 aliphatic heterocycles. The van der Waals surface area contributed by atoms with Gasteiger partial charge >= 0.3 is 5.97 Å². The number of halogens is 1. The lowest BCUT2D eigenvalue weighted by atomic mass is 10.0. The first-order chi connectivity index (χ1) is 15.0. The monoisotopic (exact) mass is 422 g/mol. The summed E-state index contributed by atoms with van der Waals surface area (Å²) in [6.45, 7) is 5.37. The van der Waals surface area contributed by atoms with Crippen molar-refractivity contribution in [1.82, 2.24) is 14.9 Å². The molecule has 0 saturated carbocycles. The van der Waals surface area contributed by atoms with Crippen LogP contribution in [0.1, 0.15) is 17.3 Å². The molecule has 2 aromatic carbocycles. The zero-order valence-corrected chi connectivity index (χ0v) is 17.3. The fraction of sp³-hybridized carbons (Fsp3) is 0.304. The van der Waals surface area contributed by atoms with Crippen molar-refractivity contribution < 1.29 is 18.7 Å². The summed E-state index contributed by atoms with van der Waals surface area (Å²) in [6, 6.07) is 10.3. The van der Waals surface area contributed by atoms with E-state index < -0.39 is 0 Å². The number of nitrogens with zero attached hydrogens (tertiary/aromatic N) is 4. The van der Waals surface area contributed by atoms with E-state index in [0.29, 0.717) is 59.7 Å². The maximum Gasteiger partial charge on any atom is 0.302 e. The van der Waals surface area contributed by atoms with Crippen LogP contribution in [-0.4, -0.2) is 66.5 Å². The lowest BCUT2D eigenvalue weighted by Gasteiger charge is -2.36. The Hall–Kier alpha value is -3.39. The normalized spacial score (nSPS) is 14.6. The maximum absolute atomic E-state index is 15.0. The fourth-order valence-electron chi connectivity index (χ4n) is 3.82. The average molecular weight is 422 g/mol. The zero-order valence-electron chi connectivity index (χ0n) is 17.3. The van der Waals surface area contributed by atoms with Crippen LogP contribution in [0.15, 0.2) is 42.7 Å². The van der Waals surface area contributed by atoms with Crippen LogP contribution >= 0.6 is 0 Å². The number of hydrogen-bond donors (Lipinski definition) is 0. The molecule has 0 bridgehead atoms.